The minimum absolute atomic E-state index is 0.0102. The highest BCUT2D eigenvalue weighted by Crippen LogP contribution is 2.36. The first-order valence-electron chi connectivity index (χ1n) is 4.55. The van der Waals surface area contributed by atoms with Gasteiger partial charge in [0.05, 0.1) is 11.6 Å². The average Bonchev–Trinajstić information content (AvgIpc) is 2.24. The Morgan fingerprint density at radius 1 is 1.44 bits per heavy atom. The third kappa shape index (κ3) is 3.06. The maximum atomic E-state index is 13.6. The van der Waals surface area contributed by atoms with Crippen molar-refractivity contribution in [2.45, 2.75) is 0 Å². The molecule has 0 amide bonds. The number of anilines is 1. The average molecular weight is 322 g/mol. The molecule has 1 aromatic rings. The molecule has 0 aliphatic carbocycles. The Morgan fingerprint density at radius 2 is 2.06 bits per heavy atom. The van der Waals surface area contributed by atoms with Crippen molar-refractivity contribution in [2.75, 3.05) is 12.4 Å². The highest BCUT2D eigenvalue weighted by Gasteiger charge is 2.19. The largest absolute Gasteiger partial charge is 0.493 e. The second kappa shape index (κ2) is 5.63. The smallest absolute Gasteiger partial charge is 0.199 e. The van der Waals surface area contributed by atoms with Crippen LogP contribution in [0.1, 0.15) is 0 Å². The Hall–Kier alpha value is -1.90. The van der Waals surface area contributed by atoms with Crippen molar-refractivity contribution in [3.05, 3.63) is 22.2 Å². The molecule has 98 valence electrons. The monoisotopic (exact) mass is 321 g/mol. The summed E-state index contributed by atoms with van der Waals surface area (Å²) in [7, 11) is 1.27. The molecule has 0 aliphatic heterocycles. The van der Waals surface area contributed by atoms with Gasteiger partial charge >= 0.3 is 0 Å². The first kappa shape index (κ1) is 14.2. The van der Waals surface area contributed by atoms with Gasteiger partial charge in [-0.1, -0.05) is 0 Å². The van der Waals surface area contributed by atoms with Crippen LogP contribution in [0.3, 0.4) is 0 Å². The van der Waals surface area contributed by atoms with Gasteiger partial charge in [-0.2, -0.15) is 0 Å². The fourth-order valence-electron chi connectivity index (χ4n) is 1.18. The molecule has 0 heterocycles. The van der Waals surface area contributed by atoms with Crippen LogP contribution in [0.5, 0.6) is 5.75 Å². The van der Waals surface area contributed by atoms with Crippen LogP contribution < -0.4 is 21.1 Å². The van der Waals surface area contributed by atoms with Crippen molar-refractivity contribution in [1.29, 1.82) is 10.8 Å². The molecule has 1 rings (SSSR count). The molecule has 9 heteroatoms. The van der Waals surface area contributed by atoms with E-state index in [1.807, 2.05) is 0 Å². The van der Waals surface area contributed by atoms with E-state index < -0.39 is 23.6 Å². The van der Waals surface area contributed by atoms with Crippen LogP contribution in [0, 0.1) is 22.5 Å². The molecule has 6 N–H and O–H groups in total. The lowest BCUT2D eigenvalue weighted by Crippen LogP contribution is -2.39. The van der Waals surface area contributed by atoms with Crippen molar-refractivity contribution in [2.24, 2.45) is 5.73 Å². The molecule has 6 nitrogen and oxygen atoms in total. The van der Waals surface area contributed by atoms with Crippen LogP contribution in [0.2, 0.25) is 0 Å². The number of rotatable bonds is 2. The van der Waals surface area contributed by atoms with Crippen LogP contribution in [0.25, 0.3) is 0 Å². The van der Waals surface area contributed by atoms with Crippen molar-refractivity contribution in [1.82, 2.24) is 5.32 Å². The highest BCUT2D eigenvalue weighted by molar-refractivity contribution is 9.10. The molecule has 0 radical (unpaired) electrons. The zero-order valence-corrected chi connectivity index (χ0v) is 10.8. The number of benzene rings is 1. The van der Waals surface area contributed by atoms with Gasteiger partial charge in [0.2, 0.25) is 0 Å². The summed E-state index contributed by atoms with van der Waals surface area (Å²) in [6.45, 7) is 0. The predicted molar refractivity (Wildman–Crippen MR) is 67.0 cm³/mol. The van der Waals surface area contributed by atoms with E-state index in [-0.39, 0.29) is 15.9 Å². The van der Waals surface area contributed by atoms with E-state index in [9.17, 15) is 8.78 Å². The first-order chi connectivity index (χ1) is 8.36. The van der Waals surface area contributed by atoms with E-state index in [1.54, 1.807) is 0 Å². The molecule has 0 spiro atoms. The molecule has 0 atom stereocenters. The van der Waals surface area contributed by atoms with Gasteiger partial charge in [-0.05, 0) is 22.0 Å². The molecule has 0 aromatic heterocycles. The van der Waals surface area contributed by atoms with Crippen LogP contribution in [-0.2, 0) is 0 Å². The van der Waals surface area contributed by atoms with Crippen molar-refractivity contribution < 1.29 is 13.5 Å². The van der Waals surface area contributed by atoms with Crippen LogP contribution in [0.15, 0.2) is 10.5 Å². The number of nitrogens with one attached hydrogen (secondary N) is 4. The summed E-state index contributed by atoms with van der Waals surface area (Å²) in [6, 6.07) is 0.904. The molecule has 0 bridgehead atoms. The number of nitrogens with two attached hydrogens (primary N) is 1. The summed E-state index contributed by atoms with van der Waals surface area (Å²) < 4.78 is 31.9. The number of ether oxygens (including phenoxy) is 1. The molecule has 1 aromatic carbocycles. The van der Waals surface area contributed by atoms with E-state index in [2.05, 4.69) is 26.6 Å². The standard InChI is InChI=1S/C9H10BrF2N5O/c1-18-7-3(10)2-4(11)5(12)6(7)16-9(15)17-8(13)14/h2H,1H3,(H6,13,14,15,16,17). The van der Waals surface area contributed by atoms with E-state index in [0.717, 1.165) is 6.07 Å². The maximum absolute atomic E-state index is 13.6. The van der Waals surface area contributed by atoms with Gasteiger partial charge in [0.15, 0.2) is 29.3 Å². The highest BCUT2D eigenvalue weighted by atomic mass is 79.9. The minimum atomic E-state index is -1.20. The summed E-state index contributed by atoms with van der Waals surface area (Å²) in [4.78, 5) is 0. The lowest BCUT2D eigenvalue weighted by atomic mass is 10.2. The normalized spacial score (nSPS) is 9.78. The second-order valence-electron chi connectivity index (χ2n) is 3.10. The number of hydrogen-bond acceptors (Lipinski definition) is 3. The molecule has 0 aliphatic rings. The molecule has 0 unspecified atom stereocenters. The van der Waals surface area contributed by atoms with Gasteiger partial charge in [0, 0.05) is 0 Å². The SMILES string of the molecule is COc1c(Br)cc(F)c(F)c1NC(=N)NC(=N)N. The Balaban J connectivity index is 3.14. The van der Waals surface area contributed by atoms with Crippen LogP contribution in [-0.4, -0.2) is 19.0 Å². The summed E-state index contributed by atoms with van der Waals surface area (Å²) >= 11 is 3.00. The van der Waals surface area contributed by atoms with E-state index in [0.29, 0.717) is 0 Å². The molecular weight excluding hydrogens is 312 g/mol. The second-order valence-corrected chi connectivity index (χ2v) is 3.96. The van der Waals surface area contributed by atoms with Gasteiger partial charge in [-0.15, -0.1) is 0 Å². The van der Waals surface area contributed by atoms with Crippen LogP contribution >= 0.6 is 15.9 Å². The zero-order chi connectivity index (χ0) is 13.9. The Bertz CT molecular complexity index is 508. The first-order valence-corrected chi connectivity index (χ1v) is 5.34. The fraction of sp³-hybridized carbons (Fsp3) is 0.111. The molecule has 0 saturated heterocycles. The van der Waals surface area contributed by atoms with Gasteiger partial charge in [-0.3, -0.25) is 16.1 Å². The number of hydrogen-bond donors (Lipinski definition) is 5. The van der Waals surface area contributed by atoms with Crippen molar-refractivity contribution in [3.8, 4) is 5.75 Å². The van der Waals surface area contributed by atoms with Gasteiger partial charge in [-0.25, -0.2) is 8.78 Å². The molecule has 18 heavy (non-hydrogen) atoms. The van der Waals surface area contributed by atoms with Crippen LogP contribution in [0.4, 0.5) is 14.5 Å². The zero-order valence-electron chi connectivity index (χ0n) is 9.20. The van der Waals surface area contributed by atoms with Crippen molar-refractivity contribution >= 4 is 33.5 Å². The van der Waals surface area contributed by atoms with Crippen molar-refractivity contribution in [3.63, 3.8) is 0 Å². The lowest BCUT2D eigenvalue weighted by molar-refractivity contribution is 0.407. The molecule has 0 saturated carbocycles. The third-order valence-electron chi connectivity index (χ3n) is 1.84. The number of halogens is 3. The van der Waals surface area contributed by atoms with Gasteiger partial charge < -0.3 is 15.8 Å². The third-order valence-corrected chi connectivity index (χ3v) is 2.43. The summed E-state index contributed by atoms with van der Waals surface area (Å²) in [5.74, 6) is -3.32. The Kier molecular flexibility index (Phi) is 4.43. The summed E-state index contributed by atoms with van der Waals surface area (Å²) in [5, 5.41) is 18.6. The lowest BCUT2D eigenvalue weighted by Gasteiger charge is -2.14. The number of guanidine groups is 2. The molecule has 0 fully saturated rings. The quantitative estimate of drug-likeness (QED) is 0.324. The fourth-order valence-corrected chi connectivity index (χ4v) is 1.74. The summed E-state index contributed by atoms with van der Waals surface area (Å²) in [6.07, 6.45) is 0. The molecular formula is C9H10BrF2N5O. The predicted octanol–water partition coefficient (Wildman–Crippen LogP) is 1.57. The Morgan fingerprint density at radius 3 is 2.56 bits per heavy atom. The topological polar surface area (TPSA) is 107 Å². The maximum Gasteiger partial charge on any atom is 0.199 e. The number of methoxy groups -OCH3 is 1. The van der Waals surface area contributed by atoms with E-state index in [1.165, 1.54) is 7.11 Å². The van der Waals surface area contributed by atoms with Gasteiger partial charge in [0.25, 0.3) is 0 Å². The minimum Gasteiger partial charge on any atom is -0.493 e. The van der Waals surface area contributed by atoms with E-state index >= 15 is 0 Å². The summed E-state index contributed by atoms with van der Waals surface area (Å²) in [5.41, 5.74) is 4.63. The van der Waals surface area contributed by atoms with E-state index in [4.69, 9.17) is 21.3 Å². The Labute approximate surface area is 110 Å². The van der Waals surface area contributed by atoms with Gasteiger partial charge in [0.1, 0.15) is 5.69 Å².